The number of carbonyl (C=O) groups excluding carboxylic acids is 2. The number of hydrogen-bond acceptors (Lipinski definition) is 4. The van der Waals surface area contributed by atoms with Crippen molar-refractivity contribution in [2.45, 2.75) is 6.04 Å². The molecule has 0 unspecified atom stereocenters. The second-order valence-corrected chi connectivity index (χ2v) is 4.57. The Morgan fingerprint density at radius 3 is 2.71 bits per heavy atom. The van der Waals surface area contributed by atoms with Crippen molar-refractivity contribution in [1.82, 2.24) is 14.9 Å². The summed E-state index contributed by atoms with van der Waals surface area (Å²) in [5.41, 5.74) is 0.983. The number of rotatable bonds is 6. The first-order valence-electron chi connectivity index (χ1n) is 6.50. The van der Waals surface area contributed by atoms with Gasteiger partial charge in [0.15, 0.2) is 0 Å². The molecule has 6 heteroatoms. The van der Waals surface area contributed by atoms with Gasteiger partial charge in [-0.3, -0.25) is 14.6 Å². The van der Waals surface area contributed by atoms with Crippen LogP contribution in [-0.2, 0) is 16.6 Å². The van der Waals surface area contributed by atoms with Crippen molar-refractivity contribution in [2.75, 3.05) is 13.7 Å². The van der Waals surface area contributed by atoms with Crippen molar-refractivity contribution in [3.05, 3.63) is 54.1 Å². The largest absolute Gasteiger partial charge is 0.382 e. The van der Waals surface area contributed by atoms with Gasteiger partial charge in [-0.25, -0.2) is 0 Å². The van der Waals surface area contributed by atoms with E-state index in [0.29, 0.717) is 11.4 Å². The van der Waals surface area contributed by atoms with Gasteiger partial charge in [-0.1, -0.05) is 6.07 Å². The van der Waals surface area contributed by atoms with Crippen molar-refractivity contribution >= 4 is 11.7 Å². The van der Waals surface area contributed by atoms with Gasteiger partial charge >= 0.3 is 0 Å². The first-order chi connectivity index (χ1) is 10.1. The fourth-order valence-corrected chi connectivity index (χ4v) is 1.99. The Morgan fingerprint density at radius 1 is 1.33 bits per heavy atom. The third-order valence-electron chi connectivity index (χ3n) is 3.07. The van der Waals surface area contributed by atoms with Gasteiger partial charge in [0, 0.05) is 26.6 Å². The van der Waals surface area contributed by atoms with Gasteiger partial charge in [0.25, 0.3) is 11.7 Å². The van der Waals surface area contributed by atoms with Gasteiger partial charge in [0.1, 0.15) is 0 Å². The van der Waals surface area contributed by atoms with Gasteiger partial charge < -0.3 is 14.6 Å². The minimum absolute atomic E-state index is 0.239. The highest BCUT2D eigenvalue weighted by molar-refractivity contribution is 6.42. The lowest BCUT2D eigenvalue weighted by molar-refractivity contribution is -0.118. The van der Waals surface area contributed by atoms with E-state index >= 15 is 0 Å². The van der Waals surface area contributed by atoms with Gasteiger partial charge in [-0.05, 0) is 24.3 Å². The summed E-state index contributed by atoms with van der Waals surface area (Å²) in [5, 5.41) is 2.66. The zero-order chi connectivity index (χ0) is 15.2. The van der Waals surface area contributed by atoms with Crippen LogP contribution in [0.1, 0.15) is 22.2 Å². The first kappa shape index (κ1) is 14.9. The van der Waals surface area contributed by atoms with Gasteiger partial charge in [0.2, 0.25) is 0 Å². The fraction of sp³-hybridized carbons (Fsp3) is 0.267. The molecule has 0 fully saturated rings. The number of carbonyl (C=O) groups is 2. The molecule has 0 aliphatic rings. The van der Waals surface area contributed by atoms with Crippen molar-refractivity contribution in [3.63, 3.8) is 0 Å². The second kappa shape index (κ2) is 6.81. The average Bonchev–Trinajstić information content (AvgIpc) is 2.93. The molecule has 1 N–H and O–H groups in total. The summed E-state index contributed by atoms with van der Waals surface area (Å²) in [6.07, 6.45) is 3.34. The molecule has 0 saturated carbocycles. The molecule has 0 spiro atoms. The molecule has 6 nitrogen and oxygen atoms in total. The number of nitrogens with zero attached hydrogens (tertiary/aromatic N) is 2. The van der Waals surface area contributed by atoms with Crippen molar-refractivity contribution in [2.24, 2.45) is 7.05 Å². The number of ketones is 1. The molecule has 0 saturated heterocycles. The van der Waals surface area contributed by atoms with Crippen molar-refractivity contribution in [3.8, 4) is 0 Å². The first-order valence-corrected chi connectivity index (χ1v) is 6.50. The topological polar surface area (TPSA) is 73.2 Å². The molecule has 2 rings (SSSR count). The molecule has 0 aliphatic heterocycles. The predicted molar refractivity (Wildman–Crippen MR) is 76.7 cm³/mol. The number of methoxy groups -OCH3 is 1. The van der Waals surface area contributed by atoms with Crippen LogP contribution in [0.4, 0.5) is 0 Å². The maximum absolute atomic E-state index is 12.1. The number of Topliss-reactive ketones (excluding diaryl/α,β-unsaturated/α-hetero) is 1. The third-order valence-corrected chi connectivity index (χ3v) is 3.07. The van der Waals surface area contributed by atoms with Crippen LogP contribution >= 0.6 is 0 Å². The van der Waals surface area contributed by atoms with E-state index in [0.717, 1.165) is 0 Å². The Morgan fingerprint density at radius 2 is 2.14 bits per heavy atom. The molecule has 21 heavy (non-hydrogen) atoms. The summed E-state index contributed by atoms with van der Waals surface area (Å²) in [6, 6.07) is 8.23. The molecular weight excluding hydrogens is 270 g/mol. The predicted octanol–water partition coefficient (Wildman–Crippen LogP) is 1.11. The Bertz CT molecular complexity index is 622. The molecule has 1 atom stereocenters. The Kier molecular flexibility index (Phi) is 4.84. The van der Waals surface area contributed by atoms with E-state index in [1.54, 1.807) is 48.3 Å². The van der Waals surface area contributed by atoms with E-state index in [9.17, 15) is 9.59 Å². The van der Waals surface area contributed by atoms with Crippen LogP contribution in [0.5, 0.6) is 0 Å². The minimum Gasteiger partial charge on any atom is -0.382 e. The zero-order valence-corrected chi connectivity index (χ0v) is 11.9. The number of hydrogen-bond donors (Lipinski definition) is 1. The fourth-order valence-electron chi connectivity index (χ4n) is 1.99. The summed E-state index contributed by atoms with van der Waals surface area (Å²) in [6.45, 7) is 0.239. The maximum Gasteiger partial charge on any atom is 0.294 e. The van der Waals surface area contributed by atoms with Gasteiger partial charge in [-0.2, -0.15) is 0 Å². The molecule has 1 amide bonds. The Labute approximate surface area is 122 Å². The minimum atomic E-state index is -0.676. The molecule has 0 aliphatic carbocycles. The highest BCUT2D eigenvalue weighted by atomic mass is 16.5. The summed E-state index contributed by atoms with van der Waals surface area (Å²) in [4.78, 5) is 28.4. The normalized spacial score (nSPS) is 11.9. The summed E-state index contributed by atoms with van der Waals surface area (Å²) in [5.74, 6) is -1.26. The van der Waals surface area contributed by atoms with E-state index in [-0.39, 0.29) is 6.61 Å². The summed E-state index contributed by atoms with van der Waals surface area (Å²) < 4.78 is 6.69. The number of pyridine rings is 1. The van der Waals surface area contributed by atoms with Crippen LogP contribution in [0.25, 0.3) is 0 Å². The number of amides is 1. The summed E-state index contributed by atoms with van der Waals surface area (Å²) >= 11 is 0. The van der Waals surface area contributed by atoms with E-state index in [4.69, 9.17) is 4.74 Å². The van der Waals surface area contributed by atoms with Crippen LogP contribution in [0, 0.1) is 0 Å². The molecule has 0 bridgehead atoms. The molecule has 2 aromatic heterocycles. The van der Waals surface area contributed by atoms with Crippen molar-refractivity contribution < 1.29 is 14.3 Å². The maximum atomic E-state index is 12.1. The molecule has 2 heterocycles. The summed E-state index contributed by atoms with van der Waals surface area (Å²) in [7, 11) is 3.24. The quantitative estimate of drug-likeness (QED) is 0.638. The van der Waals surface area contributed by atoms with Crippen LogP contribution in [0.15, 0.2) is 42.7 Å². The number of aromatic nitrogens is 2. The third kappa shape index (κ3) is 3.55. The Balaban J connectivity index is 2.12. The standard InChI is InChI=1S/C15H17N3O3/c1-18-9-5-7-13(18)14(19)15(20)17-12(10-21-2)11-6-3-4-8-16-11/h3-9,12H,10H2,1-2H3,(H,17,20)/t12-/m0/s1. The lowest BCUT2D eigenvalue weighted by Crippen LogP contribution is -2.37. The van der Waals surface area contributed by atoms with E-state index in [1.807, 2.05) is 6.07 Å². The van der Waals surface area contributed by atoms with Crippen LogP contribution in [0.2, 0.25) is 0 Å². The molecule has 0 aromatic carbocycles. The monoisotopic (exact) mass is 287 g/mol. The molecular formula is C15H17N3O3. The smallest absolute Gasteiger partial charge is 0.294 e. The second-order valence-electron chi connectivity index (χ2n) is 4.57. The Hall–Kier alpha value is -2.47. The number of nitrogens with one attached hydrogen (secondary N) is 1. The van der Waals surface area contributed by atoms with E-state index < -0.39 is 17.7 Å². The zero-order valence-electron chi connectivity index (χ0n) is 11.9. The van der Waals surface area contributed by atoms with Crippen molar-refractivity contribution in [1.29, 1.82) is 0 Å². The highest BCUT2D eigenvalue weighted by Gasteiger charge is 2.23. The lowest BCUT2D eigenvalue weighted by Gasteiger charge is -2.17. The van der Waals surface area contributed by atoms with Gasteiger partial charge in [0.05, 0.1) is 24.0 Å². The van der Waals surface area contributed by atoms with Crippen LogP contribution < -0.4 is 5.32 Å². The highest BCUT2D eigenvalue weighted by Crippen LogP contribution is 2.10. The number of ether oxygens (including phenoxy) is 1. The van der Waals surface area contributed by atoms with E-state index in [1.165, 1.54) is 7.11 Å². The van der Waals surface area contributed by atoms with Crippen LogP contribution in [0.3, 0.4) is 0 Å². The lowest BCUT2D eigenvalue weighted by atomic mass is 10.1. The molecule has 110 valence electrons. The van der Waals surface area contributed by atoms with E-state index in [2.05, 4.69) is 10.3 Å². The van der Waals surface area contributed by atoms with Gasteiger partial charge in [-0.15, -0.1) is 0 Å². The van der Waals surface area contributed by atoms with Crippen LogP contribution in [-0.4, -0.2) is 35.0 Å². The average molecular weight is 287 g/mol. The molecule has 0 radical (unpaired) electrons. The number of aryl methyl sites for hydroxylation is 1. The SMILES string of the molecule is COC[C@H](NC(=O)C(=O)c1cccn1C)c1ccccn1. The molecule has 2 aromatic rings.